The number of ether oxygens (including phenoxy) is 1. The Hall–Kier alpha value is -2.03. The molecule has 314 valence electrons. The van der Waals surface area contributed by atoms with E-state index >= 15 is 0 Å². The molecule has 0 aromatic carbocycles. The van der Waals surface area contributed by atoms with Crippen molar-refractivity contribution in [1.29, 1.82) is 0 Å². The molecule has 0 aliphatic rings. The predicted molar refractivity (Wildman–Crippen MR) is 224 cm³/mol. The first-order chi connectivity index (χ1) is 26.3. The van der Waals surface area contributed by atoms with E-state index in [9.17, 15) is 24.2 Å². The van der Waals surface area contributed by atoms with E-state index in [-0.39, 0.29) is 32.1 Å². The molecule has 0 saturated heterocycles. The maximum absolute atomic E-state index is 12.1. The number of aliphatic hydroxyl groups is 1. The number of hydrogen-bond acceptors (Lipinski definition) is 7. The van der Waals surface area contributed by atoms with E-state index in [4.69, 9.17) is 13.8 Å². The van der Waals surface area contributed by atoms with Crippen molar-refractivity contribution in [3.63, 3.8) is 0 Å². The highest BCUT2D eigenvalue weighted by atomic mass is 31.2. The number of amides is 1. The van der Waals surface area contributed by atoms with Crippen LogP contribution < -0.4 is 5.32 Å². The van der Waals surface area contributed by atoms with Crippen LogP contribution in [-0.2, 0) is 27.9 Å². The van der Waals surface area contributed by atoms with Crippen molar-refractivity contribution in [2.45, 2.75) is 193 Å². The van der Waals surface area contributed by atoms with E-state index < -0.39 is 26.5 Å². The Morgan fingerprint density at radius 3 is 1.59 bits per heavy atom. The molecule has 0 spiro atoms. The van der Waals surface area contributed by atoms with Gasteiger partial charge in [0.25, 0.3) is 0 Å². The van der Waals surface area contributed by atoms with E-state index in [1.165, 1.54) is 83.5 Å². The smallest absolute Gasteiger partial charge is 0.463 e. The van der Waals surface area contributed by atoms with Gasteiger partial charge in [-0.2, -0.15) is 0 Å². The number of phosphoric ester groups is 1. The summed E-state index contributed by atoms with van der Waals surface area (Å²) in [5.74, 6) is -0.533. The number of hydrogen-bond donors (Lipinski definition) is 3. The Kier molecular flexibility index (Phi) is 39.1. The van der Waals surface area contributed by atoms with Crippen LogP contribution >= 0.6 is 7.82 Å². The first-order valence-corrected chi connectivity index (χ1v) is 23.1. The van der Waals surface area contributed by atoms with Gasteiger partial charge in [-0.1, -0.05) is 152 Å². The standard InChI is InChI=1S/C44H80NO8P/c1-3-5-7-9-11-13-15-16-17-18-19-20-21-22-23-24-25-26-27-28-30-32-34-36-43(47)45-38-39-52-54(49,50)53-41-42(46)40-51-44(48)37-35-33-31-29-14-12-10-8-6-4-2/h8,10-11,13,16-17,19-20,42,46H,3-7,9,12,14-15,18,21-41H2,1-2H3,(H,45,47)(H,49,50)/b10-8-,13-11-,17-16-,20-19-. The van der Waals surface area contributed by atoms with Gasteiger partial charge in [-0.05, 0) is 70.6 Å². The van der Waals surface area contributed by atoms with Crippen molar-refractivity contribution < 1.29 is 37.9 Å². The summed E-state index contributed by atoms with van der Waals surface area (Å²) in [5.41, 5.74) is 0. The lowest BCUT2D eigenvalue weighted by Crippen LogP contribution is -2.27. The molecular formula is C44H80NO8P. The third kappa shape index (κ3) is 41.1. The normalized spacial score (nSPS) is 13.8. The van der Waals surface area contributed by atoms with Crippen LogP contribution in [0.15, 0.2) is 48.6 Å². The van der Waals surface area contributed by atoms with Gasteiger partial charge in [-0.3, -0.25) is 18.6 Å². The second kappa shape index (κ2) is 40.6. The van der Waals surface area contributed by atoms with Crippen LogP contribution in [0, 0.1) is 0 Å². The van der Waals surface area contributed by atoms with Gasteiger partial charge in [0, 0.05) is 19.4 Å². The summed E-state index contributed by atoms with van der Waals surface area (Å²) in [6.07, 6.45) is 46.2. The third-order valence-electron chi connectivity index (χ3n) is 8.96. The summed E-state index contributed by atoms with van der Waals surface area (Å²) in [4.78, 5) is 33.8. The fraction of sp³-hybridized carbons (Fsp3) is 0.773. The number of esters is 1. The molecule has 0 aliphatic heterocycles. The molecule has 0 rings (SSSR count). The molecule has 10 heteroatoms. The second-order valence-corrected chi connectivity index (χ2v) is 15.8. The summed E-state index contributed by atoms with van der Waals surface area (Å²) >= 11 is 0. The zero-order valence-corrected chi connectivity index (χ0v) is 35.3. The molecule has 2 unspecified atom stereocenters. The molecule has 0 saturated carbocycles. The first kappa shape index (κ1) is 52.0. The Bertz CT molecular complexity index is 1030. The lowest BCUT2D eigenvalue weighted by molar-refractivity contribution is -0.147. The summed E-state index contributed by atoms with van der Waals surface area (Å²) in [5, 5.41) is 12.7. The number of unbranched alkanes of at least 4 members (excludes halogenated alkanes) is 19. The second-order valence-electron chi connectivity index (χ2n) is 14.3. The Labute approximate surface area is 330 Å². The molecular weight excluding hydrogens is 701 g/mol. The van der Waals surface area contributed by atoms with Crippen LogP contribution in [0.5, 0.6) is 0 Å². The number of phosphoric acid groups is 1. The van der Waals surface area contributed by atoms with Gasteiger partial charge in [0.2, 0.25) is 5.91 Å². The minimum Gasteiger partial charge on any atom is -0.463 e. The predicted octanol–water partition coefficient (Wildman–Crippen LogP) is 11.9. The number of carbonyl (C=O) groups excluding carboxylic acids is 2. The average Bonchev–Trinajstić information content (AvgIpc) is 3.16. The zero-order valence-electron chi connectivity index (χ0n) is 34.4. The summed E-state index contributed by atoms with van der Waals surface area (Å²) in [6.45, 7) is 3.44. The fourth-order valence-corrected chi connectivity index (χ4v) is 6.44. The number of carbonyl (C=O) groups is 2. The topological polar surface area (TPSA) is 131 Å². The third-order valence-corrected chi connectivity index (χ3v) is 9.95. The molecule has 0 aromatic rings. The Morgan fingerprint density at radius 1 is 0.574 bits per heavy atom. The molecule has 9 nitrogen and oxygen atoms in total. The largest absolute Gasteiger partial charge is 0.472 e. The molecule has 1 amide bonds. The van der Waals surface area contributed by atoms with Gasteiger partial charge in [-0.25, -0.2) is 4.57 Å². The molecule has 0 aliphatic carbocycles. The molecule has 0 fully saturated rings. The number of aliphatic hydroxyl groups excluding tert-OH is 1. The Morgan fingerprint density at radius 2 is 1.04 bits per heavy atom. The van der Waals surface area contributed by atoms with Gasteiger partial charge >= 0.3 is 13.8 Å². The zero-order chi connectivity index (χ0) is 39.6. The molecule has 54 heavy (non-hydrogen) atoms. The van der Waals surface area contributed by atoms with Crippen LogP contribution in [0.25, 0.3) is 0 Å². The highest BCUT2D eigenvalue weighted by Gasteiger charge is 2.23. The van der Waals surface area contributed by atoms with E-state index in [2.05, 4.69) is 67.8 Å². The van der Waals surface area contributed by atoms with Crippen LogP contribution in [0.2, 0.25) is 0 Å². The van der Waals surface area contributed by atoms with Gasteiger partial charge in [0.05, 0.1) is 13.2 Å². The number of nitrogens with one attached hydrogen (secondary N) is 1. The van der Waals surface area contributed by atoms with Gasteiger partial charge < -0.3 is 20.1 Å². The molecule has 0 heterocycles. The molecule has 0 aromatic heterocycles. The van der Waals surface area contributed by atoms with Crippen molar-refractivity contribution in [2.75, 3.05) is 26.4 Å². The average molecular weight is 782 g/mol. The SMILES string of the molecule is CCC/C=C\CCCCCCCC(=O)OCC(O)COP(=O)(O)OCCNC(=O)CCCCCCCCCCCC/C=C\C/C=C\C/C=C\CCCCC. The maximum Gasteiger partial charge on any atom is 0.472 e. The lowest BCUT2D eigenvalue weighted by Gasteiger charge is -2.15. The van der Waals surface area contributed by atoms with E-state index in [0.717, 1.165) is 77.0 Å². The van der Waals surface area contributed by atoms with Crippen LogP contribution in [0.4, 0.5) is 0 Å². The van der Waals surface area contributed by atoms with Crippen LogP contribution in [0.3, 0.4) is 0 Å². The van der Waals surface area contributed by atoms with Crippen molar-refractivity contribution in [3.8, 4) is 0 Å². The molecule has 3 N–H and O–H groups in total. The van der Waals surface area contributed by atoms with Crippen LogP contribution in [0.1, 0.15) is 187 Å². The minimum atomic E-state index is -4.42. The molecule has 0 radical (unpaired) electrons. The van der Waals surface area contributed by atoms with Gasteiger partial charge in [0.1, 0.15) is 12.7 Å². The fourth-order valence-electron chi connectivity index (χ4n) is 5.68. The van der Waals surface area contributed by atoms with E-state index in [1.807, 2.05) is 0 Å². The van der Waals surface area contributed by atoms with Crippen molar-refractivity contribution in [2.24, 2.45) is 0 Å². The number of allylic oxidation sites excluding steroid dienone is 8. The summed E-state index contributed by atoms with van der Waals surface area (Å²) in [6, 6.07) is 0. The lowest BCUT2D eigenvalue weighted by atomic mass is 10.0. The van der Waals surface area contributed by atoms with E-state index in [0.29, 0.717) is 6.42 Å². The van der Waals surface area contributed by atoms with Crippen molar-refractivity contribution >= 4 is 19.7 Å². The maximum atomic E-state index is 12.1. The minimum absolute atomic E-state index is 0.0773. The quantitative estimate of drug-likeness (QED) is 0.0242. The molecule has 2 atom stereocenters. The monoisotopic (exact) mass is 782 g/mol. The molecule has 0 bridgehead atoms. The summed E-state index contributed by atoms with van der Waals surface area (Å²) in [7, 11) is -4.42. The Balaban J connectivity index is 3.58. The van der Waals surface area contributed by atoms with Crippen LogP contribution in [-0.4, -0.2) is 54.3 Å². The number of rotatable bonds is 40. The summed E-state index contributed by atoms with van der Waals surface area (Å²) < 4.78 is 26.8. The highest BCUT2D eigenvalue weighted by Crippen LogP contribution is 2.42. The van der Waals surface area contributed by atoms with Gasteiger partial charge in [0.15, 0.2) is 0 Å². The van der Waals surface area contributed by atoms with Crippen molar-refractivity contribution in [3.05, 3.63) is 48.6 Å². The van der Waals surface area contributed by atoms with E-state index in [1.54, 1.807) is 0 Å². The highest BCUT2D eigenvalue weighted by molar-refractivity contribution is 7.47. The first-order valence-electron chi connectivity index (χ1n) is 21.6. The van der Waals surface area contributed by atoms with Crippen molar-refractivity contribution in [1.82, 2.24) is 5.32 Å². The van der Waals surface area contributed by atoms with Gasteiger partial charge in [-0.15, -0.1) is 0 Å².